The molecule has 4 atom stereocenters. The van der Waals surface area contributed by atoms with Crippen LogP contribution >= 0.6 is 0 Å². The predicted molar refractivity (Wildman–Crippen MR) is 135 cm³/mol. The highest BCUT2D eigenvalue weighted by Gasteiger charge is 2.11. The zero-order valence-electron chi connectivity index (χ0n) is 19.9. The summed E-state index contributed by atoms with van der Waals surface area (Å²) in [6, 6.07) is 27.7. The van der Waals surface area contributed by atoms with Crippen molar-refractivity contribution in [2.75, 3.05) is 26.3 Å². The molecule has 34 heavy (non-hydrogen) atoms. The fourth-order valence-electron chi connectivity index (χ4n) is 3.48. The second-order valence-electron chi connectivity index (χ2n) is 8.48. The fourth-order valence-corrected chi connectivity index (χ4v) is 3.48. The monoisotopic (exact) mass is 464 g/mol. The van der Waals surface area contributed by atoms with Gasteiger partial charge >= 0.3 is 0 Å². The zero-order chi connectivity index (χ0) is 24.2. The van der Waals surface area contributed by atoms with Crippen molar-refractivity contribution in [3.8, 4) is 11.5 Å². The van der Waals surface area contributed by atoms with E-state index in [1.807, 2.05) is 36.4 Å². The standard InChI is InChI=1S/C28H36N2O4/c1-21(23-9-5-3-6-10-23)29-17-25(31)19-33-27-13-15-28(16-14-27)34-20-26(32)18-30-22(2)24-11-7-4-8-12-24/h3-16,21-22,25-26,29-32H,17-20H2,1-2H3/t21-,22-,25-,26+/m1/s1. The molecule has 3 aromatic carbocycles. The Hall–Kier alpha value is -2.90. The molecule has 0 fully saturated rings. The molecule has 182 valence electrons. The molecule has 3 rings (SSSR count). The zero-order valence-corrected chi connectivity index (χ0v) is 19.9. The summed E-state index contributed by atoms with van der Waals surface area (Å²) in [4.78, 5) is 0. The minimum absolute atomic E-state index is 0.152. The van der Waals surface area contributed by atoms with Gasteiger partial charge in [-0.3, -0.25) is 0 Å². The summed E-state index contributed by atoms with van der Waals surface area (Å²) in [5, 5.41) is 27.1. The Bertz CT molecular complexity index is 859. The molecular weight excluding hydrogens is 428 g/mol. The highest BCUT2D eigenvalue weighted by atomic mass is 16.5. The Morgan fingerprint density at radius 2 is 0.941 bits per heavy atom. The van der Waals surface area contributed by atoms with Crippen molar-refractivity contribution in [2.24, 2.45) is 0 Å². The van der Waals surface area contributed by atoms with Crippen LogP contribution in [0.3, 0.4) is 0 Å². The third kappa shape index (κ3) is 8.80. The topological polar surface area (TPSA) is 83.0 Å². The second-order valence-corrected chi connectivity index (χ2v) is 8.48. The van der Waals surface area contributed by atoms with E-state index in [1.165, 1.54) is 11.1 Å². The molecule has 4 N–H and O–H groups in total. The molecule has 0 amide bonds. The van der Waals surface area contributed by atoms with E-state index < -0.39 is 12.2 Å². The van der Waals surface area contributed by atoms with Gasteiger partial charge in [-0.1, -0.05) is 60.7 Å². The smallest absolute Gasteiger partial charge is 0.119 e. The Morgan fingerprint density at radius 1 is 0.588 bits per heavy atom. The summed E-state index contributed by atoms with van der Waals surface area (Å²) in [7, 11) is 0. The van der Waals surface area contributed by atoms with Crippen molar-refractivity contribution in [1.29, 1.82) is 0 Å². The van der Waals surface area contributed by atoms with E-state index in [2.05, 4.69) is 48.7 Å². The molecule has 0 radical (unpaired) electrons. The van der Waals surface area contributed by atoms with E-state index in [1.54, 1.807) is 24.3 Å². The van der Waals surface area contributed by atoms with E-state index in [4.69, 9.17) is 9.47 Å². The molecular formula is C28H36N2O4. The number of ether oxygens (including phenoxy) is 2. The van der Waals surface area contributed by atoms with Crippen LogP contribution in [-0.2, 0) is 0 Å². The summed E-state index contributed by atoms with van der Waals surface area (Å²) >= 11 is 0. The van der Waals surface area contributed by atoms with Gasteiger partial charge in [0.15, 0.2) is 0 Å². The number of hydrogen-bond donors (Lipinski definition) is 4. The molecule has 0 aliphatic carbocycles. The molecule has 6 nitrogen and oxygen atoms in total. The molecule has 0 aromatic heterocycles. The van der Waals surface area contributed by atoms with E-state index >= 15 is 0 Å². The quantitative estimate of drug-likeness (QED) is 0.290. The Balaban J connectivity index is 1.32. The van der Waals surface area contributed by atoms with Gasteiger partial charge < -0.3 is 30.3 Å². The lowest BCUT2D eigenvalue weighted by Crippen LogP contribution is -2.33. The van der Waals surface area contributed by atoms with Crippen LogP contribution in [0.25, 0.3) is 0 Å². The average Bonchev–Trinajstić information content (AvgIpc) is 2.89. The number of aliphatic hydroxyl groups excluding tert-OH is 2. The first-order valence-corrected chi connectivity index (χ1v) is 11.8. The van der Waals surface area contributed by atoms with E-state index in [0.29, 0.717) is 24.6 Å². The highest BCUT2D eigenvalue weighted by Crippen LogP contribution is 2.18. The van der Waals surface area contributed by atoms with E-state index in [-0.39, 0.29) is 25.3 Å². The van der Waals surface area contributed by atoms with Gasteiger partial charge in [-0.25, -0.2) is 0 Å². The van der Waals surface area contributed by atoms with Gasteiger partial charge in [-0.15, -0.1) is 0 Å². The van der Waals surface area contributed by atoms with Gasteiger partial charge in [0, 0.05) is 25.2 Å². The van der Waals surface area contributed by atoms with Crippen LogP contribution in [0.5, 0.6) is 11.5 Å². The molecule has 0 bridgehead atoms. The van der Waals surface area contributed by atoms with Crippen LogP contribution in [0.1, 0.15) is 37.1 Å². The lowest BCUT2D eigenvalue weighted by molar-refractivity contribution is 0.102. The molecule has 0 spiro atoms. The lowest BCUT2D eigenvalue weighted by atomic mass is 10.1. The molecule has 0 aliphatic rings. The summed E-state index contributed by atoms with van der Waals surface area (Å²) in [5.41, 5.74) is 2.36. The Kier molecular flexibility index (Phi) is 10.4. The van der Waals surface area contributed by atoms with Gasteiger partial charge in [-0.05, 0) is 49.2 Å². The maximum Gasteiger partial charge on any atom is 0.119 e. The molecule has 3 aromatic rings. The first kappa shape index (κ1) is 25.7. The number of benzene rings is 3. The van der Waals surface area contributed by atoms with Crippen molar-refractivity contribution in [3.05, 3.63) is 96.1 Å². The number of hydrogen-bond acceptors (Lipinski definition) is 6. The summed E-state index contributed by atoms with van der Waals surface area (Å²) in [5.74, 6) is 1.31. The maximum atomic E-state index is 10.2. The Morgan fingerprint density at radius 3 is 1.29 bits per heavy atom. The third-order valence-electron chi connectivity index (χ3n) is 5.63. The maximum absolute atomic E-state index is 10.2. The van der Waals surface area contributed by atoms with Crippen molar-refractivity contribution < 1.29 is 19.7 Å². The number of nitrogens with one attached hydrogen (secondary N) is 2. The summed E-state index contributed by atoms with van der Waals surface area (Å²) in [6.07, 6.45) is -1.24. The van der Waals surface area contributed by atoms with Gasteiger partial charge in [0.05, 0.1) is 0 Å². The predicted octanol–water partition coefficient (Wildman–Crippen LogP) is 3.87. The molecule has 0 aliphatic heterocycles. The van der Waals surface area contributed by atoms with Crippen molar-refractivity contribution in [2.45, 2.75) is 38.1 Å². The number of aliphatic hydroxyl groups is 2. The summed E-state index contributed by atoms with van der Waals surface area (Å²) < 4.78 is 11.4. The molecule has 0 unspecified atom stereocenters. The highest BCUT2D eigenvalue weighted by molar-refractivity contribution is 5.31. The largest absolute Gasteiger partial charge is 0.491 e. The fraction of sp³-hybridized carbons (Fsp3) is 0.357. The molecule has 0 heterocycles. The van der Waals surface area contributed by atoms with Crippen LogP contribution < -0.4 is 20.1 Å². The van der Waals surface area contributed by atoms with Crippen LogP contribution in [-0.4, -0.2) is 48.7 Å². The minimum Gasteiger partial charge on any atom is -0.491 e. The number of rotatable bonds is 14. The second kappa shape index (κ2) is 13.7. The summed E-state index contributed by atoms with van der Waals surface area (Å²) in [6.45, 7) is 5.40. The first-order valence-electron chi connectivity index (χ1n) is 11.8. The van der Waals surface area contributed by atoms with Crippen molar-refractivity contribution >= 4 is 0 Å². The van der Waals surface area contributed by atoms with Crippen LogP contribution in [0, 0.1) is 0 Å². The third-order valence-corrected chi connectivity index (χ3v) is 5.63. The van der Waals surface area contributed by atoms with E-state index in [9.17, 15) is 10.2 Å². The van der Waals surface area contributed by atoms with Gasteiger partial charge in [0.2, 0.25) is 0 Å². The molecule has 0 saturated carbocycles. The van der Waals surface area contributed by atoms with Gasteiger partial charge in [0.1, 0.15) is 36.9 Å². The molecule has 6 heteroatoms. The van der Waals surface area contributed by atoms with Crippen LogP contribution in [0.2, 0.25) is 0 Å². The van der Waals surface area contributed by atoms with E-state index in [0.717, 1.165) is 0 Å². The van der Waals surface area contributed by atoms with Gasteiger partial charge in [0.25, 0.3) is 0 Å². The average molecular weight is 465 g/mol. The van der Waals surface area contributed by atoms with Crippen LogP contribution in [0.4, 0.5) is 0 Å². The van der Waals surface area contributed by atoms with Crippen molar-refractivity contribution in [3.63, 3.8) is 0 Å². The lowest BCUT2D eigenvalue weighted by Gasteiger charge is -2.18. The molecule has 0 saturated heterocycles. The Labute approximate surface area is 202 Å². The van der Waals surface area contributed by atoms with Crippen molar-refractivity contribution in [1.82, 2.24) is 10.6 Å². The first-order chi connectivity index (χ1) is 16.5. The minimum atomic E-state index is -0.622. The normalized spacial score (nSPS) is 14.7. The van der Waals surface area contributed by atoms with Crippen LogP contribution in [0.15, 0.2) is 84.9 Å². The van der Waals surface area contributed by atoms with Gasteiger partial charge in [-0.2, -0.15) is 0 Å². The SMILES string of the molecule is C[C@@H](NC[C@@H](O)COc1ccc(OC[C@@H](O)CN[C@H](C)c2ccccc2)cc1)c1ccccc1.